The van der Waals surface area contributed by atoms with Gasteiger partial charge in [0.15, 0.2) is 0 Å². The number of amides is 1. The first-order valence-corrected chi connectivity index (χ1v) is 7.48. The fraction of sp³-hybridized carbons (Fsp3) is 0.188. The largest absolute Gasteiger partial charge is 0.342 e. The third kappa shape index (κ3) is 3.29. The first-order valence-electron chi connectivity index (χ1n) is 6.36. The van der Waals surface area contributed by atoms with Gasteiger partial charge >= 0.3 is 0 Å². The van der Waals surface area contributed by atoms with Crippen molar-refractivity contribution in [1.82, 2.24) is 5.32 Å². The molecule has 0 aliphatic heterocycles. The van der Waals surface area contributed by atoms with E-state index in [0.29, 0.717) is 5.33 Å². The average molecular weight is 354 g/mol. The van der Waals surface area contributed by atoms with Gasteiger partial charge in [0.25, 0.3) is 5.91 Å². The van der Waals surface area contributed by atoms with Gasteiger partial charge in [-0.2, -0.15) is 0 Å². The molecular weight excluding hydrogens is 340 g/mol. The van der Waals surface area contributed by atoms with Crippen LogP contribution in [0.5, 0.6) is 0 Å². The van der Waals surface area contributed by atoms with Crippen LogP contribution in [0.4, 0.5) is 8.78 Å². The van der Waals surface area contributed by atoms with Crippen molar-refractivity contribution in [3.8, 4) is 0 Å². The van der Waals surface area contributed by atoms with Crippen LogP contribution < -0.4 is 5.32 Å². The van der Waals surface area contributed by atoms with Gasteiger partial charge in [-0.1, -0.05) is 52.3 Å². The number of halogens is 3. The van der Waals surface area contributed by atoms with Crippen LogP contribution in [0.25, 0.3) is 0 Å². The molecule has 1 N–H and O–H groups in total. The van der Waals surface area contributed by atoms with Crippen molar-refractivity contribution in [2.75, 3.05) is 5.33 Å². The number of nitrogens with one attached hydrogen (secondary N) is 1. The second-order valence-corrected chi connectivity index (χ2v) is 5.44. The Labute approximate surface area is 130 Å². The van der Waals surface area contributed by atoms with Crippen molar-refractivity contribution >= 4 is 21.8 Å². The molecule has 0 fully saturated rings. The van der Waals surface area contributed by atoms with E-state index in [2.05, 4.69) is 21.2 Å². The van der Waals surface area contributed by atoms with Gasteiger partial charge in [-0.3, -0.25) is 4.79 Å². The fourth-order valence-electron chi connectivity index (χ4n) is 2.02. The molecule has 2 aromatic rings. The molecule has 1 amide bonds. The maximum Gasteiger partial charge on any atom is 0.257 e. The molecule has 2 aromatic carbocycles. The van der Waals surface area contributed by atoms with Gasteiger partial charge in [0, 0.05) is 5.33 Å². The predicted molar refractivity (Wildman–Crippen MR) is 81.4 cm³/mol. The minimum absolute atomic E-state index is 0.409. The zero-order valence-electron chi connectivity index (χ0n) is 11.4. The van der Waals surface area contributed by atoms with Gasteiger partial charge in [0.05, 0.1) is 5.54 Å². The Morgan fingerprint density at radius 3 is 2.19 bits per heavy atom. The summed E-state index contributed by atoms with van der Waals surface area (Å²) in [6.45, 7) is 1.79. The van der Waals surface area contributed by atoms with E-state index in [4.69, 9.17) is 0 Å². The Balaban J connectivity index is 2.33. The maximum atomic E-state index is 13.7. The topological polar surface area (TPSA) is 29.1 Å². The van der Waals surface area contributed by atoms with Gasteiger partial charge in [-0.15, -0.1) is 0 Å². The zero-order chi connectivity index (χ0) is 15.5. The van der Waals surface area contributed by atoms with Crippen molar-refractivity contribution in [1.29, 1.82) is 0 Å². The van der Waals surface area contributed by atoms with Gasteiger partial charge < -0.3 is 5.32 Å². The summed E-state index contributed by atoms with van der Waals surface area (Å²) in [6.07, 6.45) is 0. The lowest BCUT2D eigenvalue weighted by Gasteiger charge is -2.29. The second kappa shape index (κ2) is 6.35. The van der Waals surface area contributed by atoms with E-state index in [1.165, 1.54) is 6.07 Å². The highest BCUT2D eigenvalue weighted by molar-refractivity contribution is 9.09. The highest BCUT2D eigenvalue weighted by atomic mass is 79.9. The smallest absolute Gasteiger partial charge is 0.257 e. The van der Waals surface area contributed by atoms with Crippen molar-refractivity contribution in [3.63, 3.8) is 0 Å². The molecule has 110 valence electrons. The van der Waals surface area contributed by atoms with Crippen LogP contribution in [0.3, 0.4) is 0 Å². The van der Waals surface area contributed by atoms with E-state index in [1.807, 2.05) is 30.3 Å². The maximum absolute atomic E-state index is 13.7. The van der Waals surface area contributed by atoms with E-state index in [9.17, 15) is 13.6 Å². The summed E-state index contributed by atoms with van der Waals surface area (Å²) in [5, 5.41) is 3.10. The third-order valence-electron chi connectivity index (χ3n) is 3.26. The average Bonchev–Trinajstić information content (AvgIpc) is 2.48. The van der Waals surface area contributed by atoms with Gasteiger partial charge in [0.2, 0.25) is 0 Å². The minimum Gasteiger partial charge on any atom is -0.342 e. The molecule has 0 bridgehead atoms. The Morgan fingerprint density at radius 1 is 1.10 bits per heavy atom. The highest BCUT2D eigenvalue weighted by Crippen LogP contribution is 2.24. The summed E-state index contributed by atoms with van der Waals surface area (Å²) in [4.78, 5) is 12.2. The molecule has 0 aliphatic carbocycles. The van der Waals surface area contributed by atoms with E-state index >= 15 is 0 Å². The normalized spacial score (nSPS) is 13.5. The van der Waals surface area contributed by atoms with Gasteiger partial charge in [-0.25, -0.2) is 8.78 Å². The van der Waals surface area contributed by atoms with Crippen LogP contribution in [0.2, 0.25) is 0 Å². The van der Waals surface area contributed by atoms with E-state index < -0.39 is 28.6 Å². The van der Waals surface area contributed by atoms with Gasteiger partial charge in [0.1, 0.15) is 17.2 Å². The van der Waals surface area contributed by atoms with Crippen molar-refractivity contribution in [3.05, 3.63) is 71.3 Å². The van der Waals surface area contributed by atoms with Crippen LogP contribution >= 0.6 is 15.9 Å². The lowest BCUT2D eigenvalue weighted by molar-refractivity contribution is 0.0905. The molecule has 2 rings (SSSR count). The summed E-state index contributed by atoms with van der Waals surface area (Å²) < 4.78 is 27.3. The minimum atomic E-state index is -0.877. The molecular formula is C16H14BrF2NO. The number of hydrogen-bond donors (Lipinski definition) is 1. The number of hydrogen-bond acceptors (Lipinski definition) is 1. The van der Waals surface area contributed by atoms with Crippen molar-refractivity contribution in [2.24, 2.45) is 0 Å². The Morgan fingerprint density at radius 2 is 1.67 bits per heavy atom. The van der Waals surface area contributed by atoms with Crippen LogP contribution in [-0.4, -0.2) is 11.2 Å². The molecule has 0 spiro atoms. The monoisotopic (exact) mass is 353 g/mol. The molecule has 0 aliphatic rings. The summed E-state index contributed by atoms with van der Waals surface area (Å²) in [7, 11) is 0. The number of carbonyl (C=O) groups excluding carboxylic acids is 1. The molecule has 0 saturated heterocycles. The Kier molecular flexibility index (Phi) is 4.73. The Hall–Kier alpha value is -1.75. The van der Waals surface area contributed by atoms with E-state index in [1.54, 1.807) is 6.92 Å². The molecule has 1 atom stereocenters. The lowest BCUT2D eigenvalue weighted by atomic mass is 9.93. The predicted octanol–water partition coefficient (Wildman–Crippen LogP) is 4.00. The van der Waals surface area contributed by atoms with E-state index in [0.717, 1.165) is 17.7 Å². The van der Waals surface area contributed by atoms with Crippen LogP contribution in [-0.2, 0) is 5.54 Å². The molecule has 1 unspecified atom stereocenters. The third-order valence-corrected chi connectivity index (χ3v) is 4.38. The quantitative estimate of drug-likeness (QED) is 0.826. The molecule has 2 nitrogen and oxygen atoms in total. The summed E-state index contributed by atoms with van der Waals surface area (Å²) in [5.41, 5.74) is -0.500. The molecule has 0 heterocycles. The molecule has 0 aromatic heterocycles. The summed E-state index contributed by atoms with van der Waals surface area (Å²) in [6, 6.07) is 12.6. The molecule has 21 heavy (non-hydrogen) atoms. The highest BCUT2D eigenvalue weighted by Gasteiger charge is 2.29. The first-order chi connectivity index (χ1) is 9.98. The number of benzene rings is 2. The SMILES string of the molecule is CC(CBr)(NC(=O)c1c(F)cccc1F)c1ccccc1. The lowest BCUT2D eigenvalue weighted by Crippen LogP contribution is -2.45. The number of carbonyl (C=O) groups is 1. The number of rotatable bonds is 4. The Bertz CT molecular complexity index is 628. The zero-order valence-corrected chi connectivity index (χ0v) is 13.0. The van der Waals surface area contributed by atoms with Crippen LogP contribution in [0.15, 0.2) is 48.5 Å². The fourth-order valence-corrected chi connectivity index (χ4v) is 2.48. The first kappa shape index (κ1) is 15.6. The van der Waals surface area contributed by atoms with Crippen LogP contribution in [0.1, 0.15) is 22.8 Å². The number of alkyl halides is 1. The second-order valence-electron chi connectivity index (χ2n) is 4.88. The molecule has 0 saturated carbocycles. The van der Waals surface area contributed by atoms with Crippen molar-refractivity contribution < 1.29 is 13.6 Å². The molecule has 5 heteroatoms. The van der Waals surface area contributed by atoms with Crippen LogP contribution in [0, 0.1) is 11.6 Å². The standard InChI is InChI=1S/C16H14BrF2NO/c1-16(10-17,11-6-3-2-4-7-11)20-15(21)14-12(18)8-5-9-13(14)19/h2-9H,10H2,1H3,(H,20,21). The molecule has 0 radical (unpaired) electrons. The summed E-state index contributed by atoms with van der Waals surface area (Å²) in [5.74, 6) is -2.54. The van der Waals surface area contributed by atoms with Crippen molar-refractivity contribution in [2.45, 2.75) is 12.5 Å². The van der Waals surface area contributed by atoms with E-state index in [-0.39, 0.29) is 0 Å². The summed E-state index contributed by atoms with van der Waals surface area (Å²) >= 11 is 3.34. The van der Waals surface area contributed by atoms with Gasteiger partial charge in [-0.05, 0) is 24.6 Å².